The third-order valence-electron chi connectivity index (χ3n) is 5.27. The van der Waals surface area contributed by atoms with Gasteiger partial charge in [-0.25, -0.2) is 28.1 Å². The van der Waals surface area contributed by atoms with Crippen LogP contribution in [-0.4, -0.2) is 50.4 Å². The molecular weight excluding hydrogens is 430 g/mol. The number of aromatic nitrogens is 5. The monoisotopic (exact) mass is 457 g/mol. The molecule has 4 rings (SSSR count). The van der Waals surface area contributed by atoms with Crippen LogP contribution < -0.4 is 10.5 Å². The maximum Gasteiger partial charge on any atom is 0.240 e. The average molecular weight is 458 g/mol. The van der Waals surface area contributed by atoms with Crippen molar-refractivity contribution in [1.29, 1.82) is 0 Å². The lowest BCUT2D eigenvalue weighted by Crippen LogP contribution is -2.30. The molecule has 2 heterocycles. The molecule has 1 saturated carbocycles. The summed E-state index contributed by atoms with van der Waals surface area (Å²) in [6.07, 6.45) is 5.53. The van der Waals surface area contributed by atoms with Gasteiger partial charge < -0.3 is 10.8 Å². The van der Waals surface area contributed by atoms with Gasteiger partial charge in [0.25, 0.3) is 0 Å². The highest BCUT2D eigenvalue weighted by Crippen LogP contribution is 2.38. The van der Waals surface area contributed by atoms with Crippen molar-refractivity contribution < 1.29 is 13.5 Å². The van der Waals surface area contributed by atoms with Crippen LogP contribution in [0.25, 0.3) is 17.1 Å². The van der Waals surface area contributed by atoms with Crippen LogP contribution in [0, 0.1) is 6.92 Å². The predicted molar refractivity (Wildman–Crippen MR) is 120 cm³/mol. The van der Waals surface area contributed by atoms with Gasteiger partial charge in [0.1, 0.15) is 6.33 Å². The summed E-state index contributed by atoms with van der Waals surface area (Å²) < 4.78 is 29.6. The summed E-state index contributed by atoms with van der Waals surface area (Å²) in [6.45, 7) is 5.25. The van der Waals surface area contributed by atoms with Crippen molar-refractivity contribution in [1.82, 2.24) is 29.5 Å². The highest BCUT2D eigenvalue weighted by Gasteiger charge is 2.28. The standard InChI is InChI=1S/C21H27N7O3S/c1-13-4-7-15(32(30,31)25-9-8-21(2,3)29)10-16(13)17-11-23-18(22)20(26-17)28-12-24-19(27-28)14-5-6-14/h4,7,10-12,14,25,29H,5-6,8-9H2,1-3H3,(H2,22,23). The molecule has 1 aliphatic carbocycles. The first-order chi connectivity index (χ1) is 15.0. The van der Waals surface area contributed by atoms with Gasteiger partial charge in [-0.2, -0.15) is 4.68 Å². The summed E-state index contributed by atoms with van der Waals surface area (Å²) in [5, 5.41) is 14.3. The van der Waals surface area contributed by atoms with Crippen LogP contribution in [0.5, 0.6) is 0 Å². The Hall–Kier alpha value is -2.89. The number of benzene rings is 1. The molecular formula is C21H27N7O3S. The molecule has 1 fully saturated rings. The third-order valence-corrected chi connectivity index (χ3v) is 6.73. The summed E-state index contributed by atoms with van der Waals surface area (Å²) in [6, 6.07) is 4.82. The Balaban J connectivity index is 1.65. The van der Waals surface area contributed by atoms with Gasteiger partial charge in [0, 0.05) is 18.0 Å². The minimum absolute atomic E-state index is 0.103. The number of aliphatic hydroxyl groups is 1. The fraction of sp³-hybridized carbons (Fsp3) is 0.429. The molecule has 3 aromatic rings. The molecule has 10 nitrogen and oxygen atoms in total. The molecule has 0 unspecified atom stereocenters. The molecule has 1 aliphatic rings. The van der Waals surface area contributed by atoms with E-state index in [2.05, 4.69) is 24.8 Å². The zero-order valence-corrected chi connectivity index (χ0v) is 19.1. The van der Waals surface area contributed by atoms with Crippen LogP contribution in [0.15, 0.2) is 35.6 Å². The van der Waals surface area contributed by atoms with E-state index in [0.29, 0.717) is 29.4 Å². The summed E-state index contributed by atoms with van der Waals surface area (Å²) >= 11 is 0. The molecule has 0 bridgehead atoms. The van der Waals surface area contributed by atoms with E-state index in [4.69, 9.17) is 5.73 Å². The Morgan fingerprint density at radius 3 is 2.72 bits per heavy atom. The first-order valence-corrected chi connectivity index (χ1v) is 11.9. The van der Waals surface area contributed by atoms with Crippen molar-refractivity contribution in [2.24, 2.45) is 0 Å². The van der Waals surface area contributed by atoms with Gasteiger partial charge in [-0.3, -0.25) is 0 Å². The number of sulfonamides is 1. The Bertz CT molecular complexity index is 1240. The number of nitrogens with zero attached hydrogens (tertiary/aromatic N) is 5. The fourth-order valence-corrected chi connectivity index (χ4v) is 4.27. The summed E-state index contributed by atoms with van der Waals surface area (Å²) in [4.78, 5) is 13.3. The largest absolute Gasteiger partial charge is 0.390 e. The van der Waals surface area contributed by atoms with Gasteiger partial charge in [-0.15, -0.1) is 5.10 Å². The highest BCUT2D eigenvalue weighted by atomic mass is 32.2. The summed E-state index contributed by atoms with van der Waals surface area (Å²) in [5.74, 6) is 1.70. The van der Waals surface area contributed by atoms with Gasteiger partial charge in [0.05, 0.1) is 22.4 Å². The Morgan fingerprint density at radius 2 is 2.03 bits per heavy atom. The summed E-state index contributed by atoms with van der Waals surface area (Å²) in [5.41, 5.74) is 7.01. The lowest BCUT2D eigenvalue weighted by atomic mass is 10.1. The van der Waals surface area contributed by atoms with E-state index < -0.39 is 15.6 Å². The molecule has 2 aromatic heterocycles. The second-order valence-electron chi connectivity index (χ2n) is 8.72. The molecule has 11 heteroatoms. The maximum atomic E-state index is 12.8. The van der Waals surface area contributed by atoms with Gasteiger partial charge in [-0.1, -0.05) is 6.07 Å². The Morgan fingerprint density at radius 1 is 1.28 bits per heavy atom. The third kappa shape index (κ3) is 4.95. The normalized spacial score (nSPS) is 14.6. The molecule has 4 N–H and O–H groups in total. The van der Waals surface area contributed by atoms with Crippen molar-refractivity contribution in [3.8, 4) is 17.1 Å². The molecule has 1 aromatic carbocycles. The highest BCUT2D eigenvalue weighted by molar-refractivity contribution is 7.89. The maximum absolute atomic E-state index is 12.8. The Labute approximate surface area is 187 Å². The van der Waals surface area contributed by atoms with Crippen LogP contribution in [0.3, 0.4) is 0 Å². The predicted octanol–water partition coefficient (Wildman–Crippen LogP) is 1.93. The SMILES string of the molecule is Cc1ccc(S(=O)(=O)NCCC(C)(C)O)cc1-c1cnc(N)c(-n2cnc(C3CC3)n2)n1. The van der Waals surface area contributed by atoms with Crippen molar-refractivity contribution in [3.63, 3.8) is 0 Å². The van der Waals surface area contributed by atoms with Crippen LogP contribution >= 0.6 is 0 Å². The van der Waals surface area contributed by atoms with Crippen LogP contribution in [-0.2, 0) is 10.0 Å². The van der Waals surface area contributed by atoms with Crippen molar-refractivity contribution in [2.45, 2.75) is 56.4 Å². The molecule has 32 heavy (non-hydrogen) atoms. The molecule has 0 aliphatic heterocycles. The number of hydrogen-bond acceptors (Lipinski definition) is 8. The van der Waals surface area contributed by atoms with Gasteiger partial charge in [0.2, 0.25) is 10.0 Å². The molecule has 0 saturated heterocycles. The number of nitrogens with two attached hydrogens (primary N) is 1. The number of nitrogens with one attached hydrogen (secondary N) is 1. The number of rotatable bonds is 8. The van der Waals surface area contributed by atoms with E-state index in [-0.39, 0.29) is 17.3 Å². The Kier molecular flexibility index (Phi) is 5.74. The van der Waals surface area contributed by atoms with E-state index in [1.54, 1.807) is 32.3 Å². The van der Waals surface area contributed by atoms with E-state index in [1.165, 1.54) is 16.9 Å². The average Bonchev–Trinajstić information content (AvgIpc) is 3.45. The van der Waals surface area contributed by atoms with E-state index in [9.17, 15) is 13.5 Å². The molecule has 0 spiro atoms. The molecule has 0 atom stereocenters. The van der Waals surface area contributed by atoms with E-state index in [0.717, 1.165) is 24.2 Å². The minimum atomic E-state index is -3.76. The van der Waals surface area contributed by atoms with Crippen molar-refractivity contribution >= 4 is 15.8 Å². The van der Waals surface area contributed by atoms with Crippen molar-refractivity contribution in [3.05, 3.63) is 42.1 Å². The van der Waals surface area contributed by atoms with E-state index in [1.807, 2.05) is 6.92 Å². The molecule has 0 radical (unpaired) electrons. The van der Waals surface area contributed by atoms with Crippen LogP contribution in [0.1, 0.15) is 50.4 Å². The van der Waals surface area contributed by atoms with Crippen LogP contribution in [0.4, 0.5) is 5.82 Å². The van der Waals surface area contributed by atoms with Crippen LogP contribution in [0.2, 0.25) is 0 Å². The summed E-state index contributed by atoms with van der Waals surface area (Å²) in [7, 11) is -3.76. The van der Waals surface area contributed by atoms with Gasteiger partial charge in [-0.05, 0) is 57.7 Å². The van der Waals surface area contributed by atoms with Gasteiger partial charge in [0.15, 0.2) is 17.5 Å². The zero-order chi connectivity index (χ0) is 23.1. The number of aryl methyl sites for hydroxylation is 1. The topological polar surface area (TPSA) is 149 Å². The second-order valence-corrected chi connectivity index (χ2v) is 10.5. The lowest BCUT2D eigenvalue weighted by molar-refractivity contribution is 0.0728. The second kappa shape index (κ2) is 8.23. The fourth-order valence-electron chi connectivity index (χ4n) is 3.21. The number of anilines is 1. The lowest BCUT2D eigenvalue weighted by Gasteiger charge is -2.17. The van der Waals surface area contributed by atoms with E-state index >= 15 is 0 Å². The minimum Gasteiger partial charge on any atom is -0.390 e. The quantitative estimate of drug-likeness (QED) is 0.464. The number of nitrogen functional groups attached to an aromatic ring is 1. The molecule has 170 valence electrons. The molecule has 0 amide bonds. The first kappa shape index (κ1) is 22.3. The zero-order valence-electron chi connectivity index (χ0n) is 18.3. The first-order valence-electron chi connectivity index (χ1n) is 10.4. The van der Waals surface area contributed by atoms with Gasteiger partial charge >= 0.3 is 0 Å². The number of hydrogen-bond donors (Lipinski definition) is 3. The van der Waals surface area contributed by atoms with Crippen molar-refractivity contribution in [2.75, 3.05) is 12.3 Å². The smallest absolute Gasteiger partial charge is 0.240 e.